The Morgan fingerprint density at radius 3 is 2.42 bits per heavy atom. The van der Waals surface area contributed by atoms with Crippen LogP contribution < -0.4 is 11.1 Å². The second-order valence-corrected chi connectivity index (χ2v) is 5.89. The second-order valence-electron chi connectivity index (χ2n) is 5.89. The van der Waals surface area contributed by atoms with Crippen LogP contribution in [0.1, 0.15) is 31.2 Å². The SMILES string of the molecule is Cl.NCCCC(=O)N1CCC(C(=O)NCc2ccc(F)cc2)CC1. The lowest BCUT2D eigenvalue weighted by molar-refractivity contribution is -0.135. The molecular formula is C17H25ClFN3O2. The van der Waals surface area contributed by atoms with E-state index in [1.807, 2.05) is 4.90 Å². The minimum Gasteiger partial charge on any atom is -0.352 e. The Balaban J connectivity index is 0.00000288. The van der Waals surface area contributed by atoms with Crippen molar-refractivity contribution in [3.63, 3.8) is 0 Å². The van der Waals surface area contributed by atoms with Gasteiger partial charge in [-0.3, -0.25) is 9.59 Å². The third-order valence-electron chi connectivity index (χ3n) is 4.19. The number of benzene rings is 1. The number of carbonyl (C=O) groups excluding carboxylic acids is 2. The molecule has 1 aliphatic heterocycles. The van der Waals surface area contributed by atoms with Gasteiger partial charge < -0.3 is 16.0 Å². The summed E-state index contributed by atoms with van der Waals surface area (Å²) in [6.45, 7) is 2.17. The largest absolute Gasteiger partial charge is 0.352 e. The molecule has 5 nitrogen and oxygen atoms in total. The van der Waals surface area contributed by atoms with Crippen LogP contribution in [0.3, 0.4) is 0 Å². The molecule has 1 fully saturated rings. The lowest BCUT2D eigenvalue weighted by Gasteiger charge is -2.31. The molecule has 0 saturated carbocycles. The first-order chi connectivity index (χ1) is 11.1. The van der Waals surface area contributed by atoms with Crippen LogP contribution in [0.25, 0.3) is 0 Å². The van der Waals surface area contributed by atoms with Gasteiger partial charge in [0.1, 0.15) is 5.82 Å². The lowest BCUT2D eigenvalue weighted by atomic mass is 9.95. The molecule has 1 aromatic rings. The molecule has 0 atom stereocenters. The van der Waals surface area contributed by atoms with Crippen molar-refractivity contribution in [2.45, 2.75) is 32.2 Å². The summed E-state index contributed by atoms with van der Waals surface area (Å²) in [5.41, 5.74) is 6.28. The predicted octanol–water partition coefficient (Wildman–Crippen LogP) is 1.84. The molecule has 2 rings (SSSR count). The minimum atomic E-state index is -0.285. The zero-order valence-corrected chi connectivity index (χ0v) is 14.5. The number of hydrogen-bond donors (Lipinski definition) is 2. The van der Waals surface area contributed by atoms with Crippen molar-refractivity contribution in [3.8, 4) is 0 Å². The number of nitrogens with one attached hydrogen (secondary N) is 1. The molecule has 134 valence electrons. The normalized spacial score (nSPS) is 14.8. The first-order valence-electron chi connectivity index (χ1n) is 8.10. The van der Waals surface area contributed by atoms with E-state index in [0.29, 0.717) is 51.9 Å². The van der Waals surface area contributed by atoms with Gasteiger partial charge in [-0.2, -0.15) is 0 Å². The third-order valence-corrected chi connectivity index (χ3v) is 4.19. The summed E-state index contributed by atoms with van der Waals surface area (Å²) in [5, 5.41) is 2.89. The summed E-state index contributed by atoms with van der Waals surface area (Å²) < 4.78 is 12.8. The number of carbonyl (C=O) groups is 2. The van der Waals surface area contributed by atoms with Crippen LogP contribution in [-0.2, 0) is 16.1 Å². The maximum absolute atomic E-state index is 12.8. The van der Waals surface area contributed by atoms with E-state index < -0.39 is 0 Å². The fourth-order valence-electron chi connectivity index (χ4n) is 2.74. The van der Waals surface area contributed by atoms with Gasteiger partial charge in [0.25, 0.3) is 0 Å². The van der Waals surface area contributed by atoms with E-state index in [1.54, 1.807) is 12.1 Å². The van der Waals surface area contributed by atoms with Crippen molar-refractivity contribution >= 4 is 24.2 Å². The number of likely N-dealkylation sites (tertiary alicyclic amines) is 1. The fourth-order valence-corrected chi connectivity index (χ4v) is 2.74. The Hall–Kier alpha value is -1.66. The highest BCUT2D eigenvalue weighted by atomic mass is 35.5. The van der Waals surface area contributed by atoms with Crippen LogP contribution in [0.2, 0.25) is 0 Å². The molecule has 0 bridgehead atoms. The number of hydrogen-bond acceptors (Lipinski definition) is 3. The van der Waals surface area contributed by atoms with Crippen LogP contribution in [0.5, 0.6) is 0 Å². The van der Waals surface area contributed by atoms with Crippen LogP contribution in [0.15, 0.2) is 24.3 Å². The van der Waals surface area contributed by atoms with Gasteiger partial charge in [-0.05, 0) is 43.5 Å². The van der Waals surface area contributed by atoms with Gasteiger partial charge in [0.05, 0.1) is 0 Å². The number of piperidine rings is 1. The van der Waals surface area contributed by atoms with Gasteiger partial charge in [-0.25, -0.2) is 4.39 Å². The van der Waals surface area contributed by atoms with E-state index in [2.05, 4.69) is 5.32 Å². The van der Waals surface area contributed by atoms with Crippen molar-refractivity contribution in [1.82, 2.24) is 10.2 Å². The summed E-state index contributed by atoms with van der Waals surface area (Å²) in [6.07, 6.45) is 2.56. The van der Waals surface area contributed by atoms with Crippen molar-refractivity contribution in [1.29, 1.82) is 0 Å². The number of rotatable bonds is 6. The van der Waals surface area contributed by atoms with Gasteiger partial charge in [-0.1, -0.05) is 12.1 Å². The highest BCUT2D eigenvalue weighted by Crippen LogP contribution is 2.18. The van der Waals surface area contributed by atoms with E-state index in [9.17, 15) is 14.0 Å². The molecule has 1 aromatic carbocycles. The zero-order chi connectivity index (χ0) is 16.7. The van der Waals surface area contributed by atoms with Gasteiger partial charge in [0.15, 0.2) is 0 Å². The summed E-state index contributed by atoms with van der Waals surface area (Å²) in [5.74, 6) is -0.218. The highest BCUT2D eigenvalue weighted by molar-refractivity contribution is 5.85. The molecule has 1 aliphatic rings. The quantitative estimate of drug-likeness (QED) is 0.815. The zero-order valence-electron chi connectivity index (χ0n) is 13.7. The molecular weight excluding hydrogens is 333 g/mol. The van der Waals surface area contributed by atoms with Crippen molar-refractivity contribution in [3.05, 3.63) is 35.6 Å². The molecule has 0 aliphatic carbocycles. The van der Waals surface area contributed by atoms with E-state index >= 15 is 0 Å². The Labute approximate surface area is 148 Å². The maximum Gasteiger partial charge on any atom is 0.223 e. The summed E-state index contributed by atoms with van der Waals surface area (Å²) in [7, 11) is 0. The summed E-state index contributed by atoms with van der Waals surface area (Å²) >= 11 is 0. The van der Waals surface area contributed by atoms with E-state index in [-0.39, 0.29) is 36.0 Å². The van der Waals surface area contributed by atoms with Gasteiger partial charge in [0.2, 0.25) is 11.8 Å². The molecule has 2 amide bonds. The molecule has 7 heteroatoms. The molecule has 0 aromatic heterocycles. The van der Waals surface area contributed by atoms with E-state index in [4.69, 9.17) is 5.73 Å². The van der Waals surface area contributed by atoms with Crippen molar-refractivity contribution in [2.24, 2.45) is 11.7 Å². The maximum atomic E-state index is 12.8. The predicted molar refractivity (Wildman–Crippen MR) is 93.1 cm³/mol. The smallest absolute Gasteiger partial charge is 0.223 e. The minimum absolute atomic E-state index is 0. The Morgan fingerprint density at radius 1 is 1.21 bits per heavy atom. The molecule has 1 saturated heterocycles. The number of halogens is 2. The van der Waals surface area contributed by atoms with Gasteiger partial charge in [0, 0.05) is 32.0 Å². The third kappa shape index (κ3) is 6.09. The lowest BCUT2D eigenvalue weighted by Crippen LogP contribution is -2.43. The monoisotopic (exact) mass is 357 g/mol. The molecule has 0 unspecified atom stereocenters. The first kappa shape index (κ1) is 20.4. The first-order valence-corrected chi connectivity index (χ1v) is 8.10. The van der Waals surface area contributed by atoms with Crippen LogP contribution in [-0.4, -0.2) is 36.3 Å². The van der Waals surface area contributed by atoms with Gasteiger partial charge in [-0.15, -0.1) is 12.4 Å². The molecule has 3 N–H and O–H groups in total. The highest BCUT2D eigenvalue weighted by Gasteiger charge is 2.26. The molecule has 24 heavy (non-hydrogen) atoms. The topological polar surface area (TPSA) is 75.4 Å². The number of amides is 2. The molecule has 0 radical (unpaired) electrons. The number of nitrogens with zero attached hydrogens (tertiary/aromatic N) is 1. The molecule has 0 spiro atoms. The Kier molecular flexibility index (Phi) is 8.71. The molecule has 1 heterocycles. The standard InChI is InChI=1S/C17H24FN3O2.ClH/c18-15-5-3-13(4-6-15)12-20-17(23)14-7-10-21(11-8-14)16(22)2-1-9-19;/h3-6,14H,1-2,7-12,19H2,(H,20,23);1H. The van der Waals surface area contributed by atoms with Crippen LogP contribution >= 0.6 is 12.4 Å². The summed E-state index contributed by atoms with van der Waals surface area (Å²) in [6, 6.07) is 6.09. The van der Waals surface area contributed by atoms with Crippen molar-refractivity contribution in [2.75, 3.05) is 19.6 Å². The Bertz CT molecular complexity index is 531. The van der Waals surface area contributed by atoms with Gasteiger partial charge >= 0.3 is 0 Å². The second kappa shape index (κ2) is 10.3. The van der Waals surface area contributed by atoms with Crippen LogP contribution in [0.4, 0.5) is 4.39 Å². The average Bonchev–Trinajstić information content (AvgIpc) is 2.59. The number of nitrogens with two attached hydrogens (primary N) is 1. The van der Waals surface area contributed by atoms with Crippen LogP contribution in [0, 0.1) is 11.7 Å². The van der Waals surface area contributed by atoms with Crippen molar-refractivity contribution < 1.29 is 14.0 Å². The van der Waals surface area contributed by atoms with E-state index in [1.165, 1.54) is 12.1 Å². The Morgan fingerprint density at radius 2 is 1.83 bits per heavy atom. The average molecular weight is 358 g/mol. The van der Waals surface area contributed by atoms with E-state index in [0.717, 1.165) is 5.56 Å². The fraction of sp³-hybridized carbons (Fsp3) is 0.529. The summed E-state index contributed by atoms with van der Waals surface area (Å²) in [4.78, 5) is 25.9.